The molecule has 3 N–H and O–H groups in total. The standard InChI is InChI=1S/C11H13BrO4/c1-11(2,5-8(14)15)9-6(12)3-4-7(13)10(9)16/h3-4,13,16H,5H2,1-2H3,(H,14,15). The molecule has 0 atom stereocenters. The molecule has 0 aromatic heterocycles. The SMILES string of the molecule is CC(C)(CC(=O)O)c1c(Br)ccc(O)c1O. The molecular weight excluding hydrogens is 276 g/mol. The quantitative estimate of drug-likeness (QED) is 0.747. The molecule has 0 aliphatic carbocycles. The van der Waals surface area contributed by atoms with Gasteiger partial charge in [0, 0.05) is 15.5 Å². The lowest BCUT2D eigenvalue weighted by Gasteiger charge is -2.25. The van der Waals surface area contributed by atoms with Crippen molar-refractivity contribution in [2.75, 3.05) is 0 Å². The third-order valence-corrected chi connectivity index (χ3v) is 3.04. The van der Waals surface area contributed by atoms with Crippen molar-refractivity contribution in [3.05, 3.63) is 22.2 Å². The molecule has 1 aromatic rings. The lowest BCUT2D eigenvalue weighted by atomic mass is 9.81. The maximum Gasteiger partial charge on any atom is 0.304 e. The summed E-state index contributed by atoms with van der Waals surface area (Å²) in [7, 11) is 0. The number of carboxylic acid groups (broad SMARTS) is 1. The van der Waals surface area contributed by atoms with Crippen LogP contribution in [-0.2, 0) is 10.2 Å². The van der Waals surface area contributed by atoms with Gasteiger partial charge in [0.2, 0.25) is 0 Å². The number of rotatable bonds is 3. The molecule has 0 aliphatic rings. The molecule has 16 heavy (non-hydrogen) atoms. The third-order valence-electron chi connectivity index (χ3n) is 2.38. The van der Waals surface area contributed by atoms with E-state index in [0.717, 1.165) is 0 Å². The van der Waals surface area contributed by atoms with Gasteiger partial charge in [-0.25, -0.2) is 0 Å². The maximum atomic E-state index is 10.7. The summed E-state index contributed by atoms with van der Waals surface area (Å²) in [5.41, 5.74) is -0.372. The van der Waals surface area contributed by atoms with Crippen LogP contribution in [0.15, 0.2) is 16.6 Å². The van der Waals surface area contributed by atoms with Gasteiger partial charge < -0.3 is 15.3 Å². The van der Waals surface area contributed by atoms with Crippen LogP contribution in [0.1, 0.15) is 25.8 Å². The van der Waals surface area contributed by atoms with Crippen molar-refractivity contribution in [2.45, 2.75) is 25.7 Å². The van der Waals surface area contributed by atoms with E-state index < -0.39 is 11.4 Å². The van der Waals surface area contributed by atoms with Crippen LogP contribution >= 0.6 is 15.9 Å². The van der Waals surface area contributed by atoms with Crippen molar-refractivity contribution in [3.63, 3.8) is 0 Å². The minimum Gasteiger partial charge on any atom is -0.504 e. The lowest BCUT2D eigenvalue weighted by Crippen LogP contribution is -2.22. The van der Waals surface area contributed by atoms with Crippen LogP contribution < -0.4 is 0 Å². The van der Waals surface area contributed by atoms with Crippen molar-refractivity contribution in [1.29, 1.82) is 0 Å². The van der Waals surface area contributed by atoms with Gasteiger partial charge in [-0.2, -0.15) is 0 Å². The molecule has 0 saturated carbocycles. The number of carboxylic acids is 1. The first-order chi connectivity index (χ1) is 7.25. The average molecular weight is 289 g/mol. The zero-order valence-corrected chi connectivity index (χ0v) is 10.6. The fourth-order valence-electron chi connectivity index (χ4n) is 1.67. The van der Waals surface area contributed by atoms with Gasteiger partial charge in [-0.15, -0.1) is 0 Å². The summed E-state index contributed by atoms with van der Waals surface area (Å²) in [4.78, 5) is 10.7. The highest BCUT2D eigenvalue weighted by molar-refractivity contribution is 9.10. The van der Waals surface area contributed by atoms with Crippen molar-refractivity contribution < 1.29 is 20.1 Å². The van der Waals surface area contributed by atoms with E-state index in [1.54, 1.807) is 19.9 Å². The number of halogens is 1. The molecule has 5 heteroatoms. The van der Waals surface area contributed by atoms with E-state index in [-0.39, 0.29) is 17.9 Å². The molecule has 1 aromatic carbocycles. The Morgan fingerprint density at radius 1 is 1.38 bits per heavy atom. The fourth-order valence-corrected chi connectivity index (χ4v) is 2.52. The van der Waals surface area contributed by atoms with Crippen molar-refractivity contribution in [1.82, 2.24) is 0 Å². The summed E-state index contributed by atoms with van der Waals surface area (Å²) in [6.45, 7) is 3.39. The lowest BCUT2D eigenvalue weighted by molar-refractivity contribution is -0.138. The normalized spacial score (nSPS) is 11.4. The molecule has 0 heterocycles. The molecule has 0 fully saturated rings. The first kappa shape index (κ1) is 12.8. The zero-order chi connectivity index (χ0) is 12.5. The van der Waals surface area contributed by atoms with Crippen LogP contribution in [0.2, 0.25) is 0 Å². The summed E-state index contributed by atoms with van der Waals surface area (Å²) in [6, 6.07) is 2.92. The van der Waals surface area contributed by atoms with E-state index in [2.05, 4.69) is 15.9 Å². The fraction of sp³-hybridized carbons (Fsp3) is 0.364. The van der Waals surface area contributed by atoms with Crippen LogP contribution in [0.3, 0.4) is 0 Å². The number of hydrogen-bond donors (Lipinski definition) is 3. The topological polar surface area (TPSA) is 77.8 Å². The number of aliphatic carboxylic acids is 1. The summed E-state index contributed by atoms with van der Waals surface area (Å²) in [5.74, 6) is -1.49. The van der Waals surface area contributed by atoms with Gasteiger partial charge in [0.15, 0.2) is 11.5 Å². The Morgan fingerprint density at radius 3 is 2.44 bits per heavy atom. The monoisotopic (exact) mass is 288 g/mol. The molecule has 0 spiro atoms. The van der Waals surface area contributed by atoms with Gasteiger partial charge in [-0.05, 0) is 12.1 Å². The minimum absolute atomic E-state index is 0.136. The highest BCUT2D eigenvalue weighted by atomic mass is 79.9. The van der Waals surface area contributed by atoms with Gasteiger partial charge in [0.25, 0.3) is 0 Å². The number of phenolic OH excluding ortho intramolecular Hbond substituents is 2. The van der Waals surface area contributed by atoms with Crippen molar-refractivity contribution in [2.24, 2.45) is 0 Å². The smallest absolute Gasteiger partial charge is 0.304 e. The molecule has 0 bridgehead atoms. The van der Waals surface area contributed by atoms with Crippen LogP contribution in [0.4, 0.5) is 0 Å². The Morgan fingerprint density at radius 2 is 1.94 bits per heavy atom. The number of hydrogen-bond acceptors (Lipinski definition) is 3. The van der Waals surface area contributed by atoms with Crippen molar-refractivity contribution >= 4 is 21.9 Å². The second kappa shape index (κ2) is 4.33. The van der Waals surface area contributed by atoms with E-state index in [1.165, 1.54) is 6.07 Å². The number of aromatic hydroxyl groups is 2. The first-order valence-electron chi connectivity index (χ1n) is 4.68. The second-order valence-electron chi connectivity index (χ2n) is 4.24. The van der Waals surface area contributed by atoms with Gasteiger partial charge in [-0.1, -0.05) is 29.8 Å². The van der Waals surface area contributed by atoms with Crippen molar-refractivity contribution in [3.8, 4) is 11.5 Å². The van der Waals surface area contributed by atoms with Crippen LogP contribution in [0, 0.1) is 0 Å². The summed E-state index contributed by atoms with van der Waals surface area (Å²) in [5, 5.41) is 28.0. The second-order valence-corrected chi connectivity index (χ2v) is 5.10. The predicted molar refractivity (Wildman–Crippen MR) is 62.8 cm³/mol. The summed E-state index contributed by atoms with van der Waals surface area (Å²) < 4.78 is 0.578. The van der Waals surface area contributed by atoms with Crippen LogP contribution in [0.5, 0.6) is 11.5 Å². The molecule has 0 saturated heterocycles. The Kier molecular flexibility index (Phi) is 3.48. The largest absolute Gasteiger partial charge is 0.504 e. The predicted octanol–water partition coefficient (Wildman–Crippen LogP) is 2.61. The van der Waals surface area contributed by atoms with E-state index in [0.29, 0.717) is 10.0 Å². The summed E-state index contributed by atoms with van der Waals surface area (Å²) >= 11 is 3.24. The Balaban J connectivity index is 3.31. The van der Waals surface area contributed by atoms with E-state index >= 15 is 0 Å². The zero-order valence-electron chi connectivity index (χ0n) is 8.99. The summed E-state index contributed by atoms with van der Waals surface area (Å²) in [6.07, 6.45) is -0.136. The minimum atomic E-state index is -0.959. The molecule has 0 unspecified atom stereocenters. The Bertz CT molecular complexity index is 426. The van der Waals surface area contributed by atoms with Crippen LogP contribution in [-0.4, -0.2) is 21.3 Å². The Labute approximate surface area is 102 Å². The van der Waals surface area contributed by atoms with Gasteiger partial charge in [-0.3, -0.25) is 4.79 Å². The van der Waals surface area contributed by atoms with E-state index in [9.17, 15) is 15.0 Å². The van der Waals surface area contributed by atoms with Gasteiger partial charge in [0.1, 0.15) is 0 Å². The molecule has 4 nitrogen and oxygen atoms in total. The third kappa shape index (κ3) is 2.47. The van der Waals surface area contributed by atoms with Crippen LogP contribution in [0.25, 0.3) is 0 Å². The molecule has 0 amide bonds. The van der Waals surface area contributed by atoms with E-state index in [1.807, 2.05) is 0 Å². The Hall–Kier alpha value is -1.23. The number of carbonyl (C=O) groups is 1. The average Bonchev–Trinajstić information content (AvgIpc) is 2.09. The van der Waals surface area contributed by atoms with Gasteiger partial charge in [0.05, 0.1) is 6.42 Å². The van der Waals surface area contributed by atoms with E-state index in [4.69, 9.17) is 5.11 Å². The maximum absolute atomic E-state index is 10.7. The first-order valence-corrected chi connectivity index (χ1v) is 5.47. The highest BCUT2D eigenvalue weighted by Crippen LogP contribution is 2.43. The number of benzene rings is 1. The molecular formula is C11H13BrO4. The molecule has 0 radical (unpaired) electrons. The molecule has 88 valence electrons. The highest BCUT2D eigenvalue weighted by Gasteiger charge is 2.30. The molecule has 0 aliphatic heterocycles. The van der Waals surface area contributed by atoms with Gasteiger partial charge >= 0.3 is 5.97 Å². The number of phenols is 2. The molecule has 1 rings (SSSR count).